The molecule has 15 heavy (non-hydrogen) atoms. The minimum atomic E-state index is -2.69. The van der Waals surface area contributed by atoms with Crippen molar-refractivity contribution in [3.05, 3.63) is 0 Å². The second-order valence-corrected chi connectivity index (χ2v) is 4.41. The van der Waals surface area contributed by atoms with Gasteiger partial charge in [0.05, 0.1) is 6.54 Å². The van der Waals surface area contributed by atoms with Crippen molar-refractivity contribution >= 4 is 5.97 Å². The molecule has 1 saturated heterocycles. The van der Waals surface area contributed by atoms with Crippen molar-refractivity contribution in [1.29, 1.82) is 0 Å². The van der Waals surface area contributed by atoms with Gasteiger partial charge in [-0.2, -0.15) is 0 Å². The third-order valence-electron chi connectivity index (χ3n) is 2.57. The van der Waals surface area contributed by atoms with Gasteiger partial charge in [0.2, 0.25) is 0 Å². The van der Waals surface area contributed by atoms with Gasteiger partial charge in [-0.25, -0.2) is 8.78 Å². The first-order valence-electron chi connectivity index (χ1n) is 5.19. The molecule has 1 N–H and O–H groups in total. The maximum absolute atomic E-state index is 12.7. The van der Waals surface area contributed by atoms with Gasteiger partial charge in [-0.15, -0.1) is 0 Å². The molecule has 1 atom stereocenters. The molecule has 0 aliphatic carbocycles. The fraction of sp³-hybridized carbons (Fsp3) is 0.900. The first-order valence-corrected chi connectivity index (χ1v) is 5.19. The van der Waals surface area contributed by atoms with Crippen LogP contribution in [0.4, 0.5) is 8.78 Å². The Hall–Kier alpha value is -0.710. The second kappa shape index (κ2) is 4.88. The first-order chi connectivity index (χ1) is 6.87. The summed E-state index contributed by atoms with van der Waals surface area (Å²) in [5, 5.41) is 8.62. The smallest absolute Gasteiger partial charge is 0.303 e. The van der Waals surface area contributed by atoms with E-state index in [4.69, 9.17) is 5.11 Å². The Morgan fingerprint density at radius 3 is 2.80 bits per heavy atom. The Bertz CT molecular complexity index is 228. The van der Waals surface area contributed by atoms with Crippen molar-refractivity contribution in [3.8, 4) is 0 Å². The fourth-order valence-corrected chi connectivity index (χ4v) is 2.10. The van der Waals surface area contributed by atoms with Crippen molar-refractivity contribution in [2.75, 3.05) is 19.6 Å². The largest absolute Gasteiger partial charge is 0.481 e. The van der Waals surface area contributed by atoms with Crippen molar-refractivity contribution < 1.29 is 18.7 Å². The van der Waals surface area contributed by atoms with Gasteiger partial charge in [-0.3, -0.25) is 9.69 Å². The summed E-state index contributed by atoms with van der Waals surface area (Å²) in [5.74, 6) is -3.51. The average Bonchev–Trinajstić information content (AvgIpc) is 1.99. The maximum Gasteiger partial charge on any atom is 0.303 e. The number of halogens is 2. The molecule has 0 amide bonds. The molecule has 0 aromatic heterocycles. The number of hydrogen-bond acceptors (Lipinski definition) is 2. The standard InChI is InChI=1S/C10H17F2NO2/c1-10(11,12)7-13-4-2-3-8(6-13)5-9(14)15/h8H,2-7H2,1H3,(H,14,15). The summed E-state index contributed by atoms with van der Waals surface area (Å²) in [7, 11) is 0. The van der Waals surface area contributed by atoms with E-state index in [9.17, 15) is 13.6 Å². The van der Waals surface area contributed by atoms with E-state index in [1.54, 1.807) is 4.90 Å². The van der Waals surface area contributed by atoms with Crippen LogP contribution in [0, 0.1) is 5.92 Å². The topological polar surface area (TPSA) is 40.5 Å². The van der Waals surface area contributed by atoms with E-state index < -0.39 is 11.9 Å². The highest BCUT2D eigenvalue weighted by Crippen LogP contribution is 2.22. The van der Waals surface area contributed by atoms with Crippen LogP contribution in [-0.2, 0) is 4.79 Å². The lowest BCUT2D eigenvalue weighted by molar-refractivity contribution is -0.138. The predicted octanol–water partition coefficient (Wildman–Crippen LogP) is 1.83. The Kier molecular flexibility index (Phi) is 4.02. The minimum Gasteiger partial charge on any atom is -0.481 e. The number of hydrogen-bond donors (Lipinski definition) is 1. The maximum atomic E-state index is 12.7. The Balaban J connectivity index is 2.38. The SMILES string of the molecule is CC(F)(F)CN1CCCC(CC(=O)O)C1. The molecule has 1 rings (SSSR count). The quantitative estimate of drug-likeness (QED) is 0.787. The molecule has 0 bridgehead atoms. The number of carboxylic acids is 1. The molecule has 0 aromatic carbocycles. The van der Waals surface area contributed by atoms with Crippen LogP contribution in [0.25, 0.3) is 0 Å². The van der Waals surface area contributed by atoms with Gasteiger partial charge in [-0.05, 0) is 25.3 Å². The molecular weight excluding hydrogens is 204 g/mol. The molecule has 88 valence electrons. The first kappa shape index (κ1) is 12.4. The van der Waals surface area contributed by atoms with Crippen LogP contribution in [0.3, 0.4) is 0 Å². The van der Waals surface area contributed by atoms with E-state index in [0.29, 0.717) is 13.1 Å². The summed E-state index contributed by atoms with van der Waals surface area (Å²) in [4.78, 5) is 12.2. The number of likely N-dealkylation sites (tertiary alicyclic amines) is 1. The summed E-state index contributed by atoms with van der Waals surface area (Å²) in [6.07, 6.45) is 1.73. The van der Waals surface area contributed by atoms with Gasteiger partial charge in [0.25, 0.3) is 5.92 Å². The average molecular weight is 221 g/mol. The van der Waals surface area contributed by atoms with E-state index in [1.807, 2.05) is 0 Å². The highest BCUT2D eigenvalue weighted by molar-refractivity contribution is 5.67. The number of nitrogens with zero attached hydrogens (tertiary/aromatic N) is 1. The molecule has 1 fully saturated rings. The number of alkyl halides is 2. The monoisotopic (exact) mass is 221 g/mol. The molecule has 1 heterocycles. The molecule has 1 unspecified atom stereocenters. The van der Waals surface area contributed by atoms with Crippen molar-refractivity contribution in [1.82, 2.24) is 4.90 Å². The summed E-state index contributed by atoms with van der Waals surface area (Å²) >= 11 is 0. The van der Waals surface area contributed by atoms with Crippen LogP contribution < -0.4 is 0 Å². The van der Waals surface area contributed by atoms with Gasteiger partial charge in [0.15, 0.2) is 0 Å². The molecule has 0 aromatic rings. The number of carbonyl (C=O) groups is 1. The van der Waals surface area contributed by atoms with Crippen LogP contribution >= 0.6 is 0 Å². The zero-order chi connectivity index (χ0) is 11.5. The lowest BCUT2D eigenvalue weighted by atomic mass is 9.95. The minimum absolute atomic E-state index is 0.0265. The molecule has 0 spiro atoms. The van der Waals surface area contributed by atoms with Crippen LogP contribution in [0.1, 0.15) is 26.2 Å². The molecule has 0 saturated carbocycles. The van der Waals surface area contributed by atoms with Gasteiger partial charge < -0.3 is 5.11 Å². The third-order valence-corrected chi connectivity index (χ3v) is 2.57. The predicted molar refractivity (Wildman–Crippen MR) is 52.0 cm³/mol. The summed E-state index contributed by atoms with van der Waals surface area (Å²) in [6.45, 7) is 1.77. The summed E-state index contributed by atoms with van der Waals surface area (Å²) < 4.78 is 25.5. The number of carboxylic acid groups (broad SMARTS) is 1. The second-order valence-electron chi connectivity index (χ2n) is 4.41. The molecule has 1 aliphatic rings. The number of piperidine rings is 1. The number of aliphatic carboxylic acids is 1. The molecule has 3 nitrogen and oxygen atoms in total. The van der Waals surface area contributed by atoms with Gasteiger partial charge in [0, 0.05) is 19.9 Å². The van der Waals surface area contributed by atoms with Crippen molar-refractivity contribution in [2.24, 2.45) is 5.92 Å². The van der Waals surface area contributed by atoms with E-state index in [-0.39, 0.29) is 18.9 Å². The van der Waals surface area contributed by atoms with Crippen molar-refractivity contribution in [3.63, 3.8) is 0 Å². The van der Waals surface area contributed by atoms with E-state index in [2.05, 4.69) is 0 Å². The van der Waals surface area contributed by atoms with Crippen LogP contribution in [-0.4, -0.2) is 41.5 Å². The lowest BCUT2D eigenvalue weighted by Gasteiger charge is -2.33. The zero-order valence-electron chi connectivity index (χ0n) is 8.88. The number of rotatable bonds is 4. The Morgan fingerprint density at radius 1 is 1.60 bits per heavy atom. The van der Waals surface area contributed by atoms with E-state index in [0.717, 1.165) is 19.8 Å². The third kappa shape index (κ3) is 5.06. The molecule has 5 heteroatoms. The molecule has 1 aliphatic heterocycles. The van der Waals surface area contributed by atoms with Gasteiger partial charge in [-0.1, -0.05) is 0 Å². The van der Waals surface area contributed by atoms with Crippen LogP contribution in [0.2, 0.25) is 0 Å². The lowest BCUT2D eigenvalue weighted by Crippen LogP contribution is -2.42. The van der Waals surface area contributed by atoms with Crippen LogP contribution in [0.15, 0.2) is 0 Å². The highest BCUT2D eigenvalue weighted by Gasteiger charge is 2.29. The van der Waals surface area contributed by atoms with Crippen LogP contribution in [0.5, 0.6) is 0 Å². The normalized spacial score (nSPS) is 24.1. The Morgan fingerprint density at radius 2 is 2.27 bits per heavy atom. The van der Waals surface area contributed by atoms with Gasteiger partial charge in [0.1, 0.15) is 0 Å². The summed E-state index contributed by atoms with van der Waals surface area (Å²) in [6, 6.07) is 0. The highest BCUT2D eigenvalue weighted by atomic mass is 19.3. The summed E-state index contributed by atoms with van der Waals surface area (Å²) in [5.41, 5.74) is 0. The molecule has 0 radical (unpaired) electrons. The van der Waals surface area contributed by atoms with Crippen molar-refractivity contribution in [2.45, 2.75) is 32.1 Å². The van der Waals surface area contributed by atoms with Gasteiger partial charge >= 0.3 is 5.97 Å². The van der Waals surface area contributed by atoms with E-state index in [1.165, 1.54) is 0 Å². The zero-order valence-corrected chi connectivity index (χ0v) is 8.88. The fourth-order valence-electron chi connectivity index (χ4n) is 2.10. The Labute approximate surface area is 88.1 Å². The molecular formula is C10H17F2NO2. The van der Waals surface area contributed by atoms with E-state index >= 15 is 0 Å².